The Balaban J connectivity index is 1.41. The summed E-state index contributed by atoms with van der Waals surface area (Å²) in [7, 11) is 0. The molecule has 1 N–H and O–H groups in total. The van der Waals surface area contributed by atoms with Crippen LogP contribution >= 0.6 is 0 Å². The van der Waals surface area contributed by atoms with Gasteiger partial charge in [0.25, 0.3) is 0 Å². The molecule has 2 atom stereocenters. The van der Waals surface area contributed by atoms with E-state index in [0.717, 1.165) is 52.4 Å². The molecule has 2 aromatic carbocycles. The van der Waals surface area contributed by atoms with E-state index in [9.17, 15) is 5.11 Å². The van der Waals surface area contributed by atoms with Crippen LogP contribution in [0, 0.1) is 0 Å². The molecule has 2 saturated heterocycles. The molecule has 0 spiro atoms. The zero-order valence-electron chi connectivity index (χ0n) is 16.6. The summed E-state index contributed by atoms with van der Waals surface area (Å²) in [4.78, 5) is 4.97. The van der Waals surface area contributed by atoms with Crippen LogP contribution in [0.15, 0.2) is 42.5 Å². The largest absolute Gasteiger partial charge is 0.391 e. The van der Waals surface area contributed by atoms with E-state index in [2.05, 4.69) is 66.1 Å². The van der Waals surface area contributed by atoms with Crippen LogP contribution in [0.25, 0.3) is 10.8 Å². The lowest BCUT2D eigenvalue weighted by molar-refractivity contribution is -0.0334. The Morgan fingerprint density at radius 1 is 1.04 bits per heavy atom. The van der Waals surface area contributed by atoms with Crippen molar-refractivity contribution in [2.24, 2.45) is 0 Å². The number of ether oxygens (including phenoxy) is 1. The van der Waals surface area contributed by atoms with Gasteiger partial charge in [-0.05, 0) is 43.1 Å². The number of hydrogen-bond donors (Lipinski definition) is 1. The molecule has 0 unspecified atom stereocenters. The number of aliphatic hydroxyl groups excluding tert-OH is 1. The van der Waals surface area contributed by atoms with Crippen molar-refractivity contribution in [3.05, 3.63) is 48.0 Å². The molecule has 0 bridgehead atoms. The average Bonchev–Trinajstić information content (AvgIpc) is 2.68. The van der Waals surface area contributed by atoms with Gasteiger partial charge in [-0.2, -0.15) is 0 Å². The number of likely N-dealkylation sites (tertiary alicyclic amines) is 1. The minimum Gasteiger partial charge on any atom is -0.391 e. The molecule has 4 rings (SSSR count). The zero-order valence-corrected chi connectivity index (χ0v) is 16.6. The van der Waals surface area contributed by atoms with E-state index in [0.29, 0.717) is 0 Å². The zero-order chi connectivity index (χ0) is 18.9. The van der Waals surface area contributed by atoms with E-state index in [4.69, 9.17) is 4.74 Å². The fourth-order valence-electron chi connectivity index (χ4n) is 4.78. The van der Waals surface area contributed by atoms with Gasteiger partial charge in [-0.25, -0.2) is 0 Å². The van der Waals surface area contributed by atoms with E-state index >= 15 is 0 Å². The lowest BCUT2D eigenvalue weighted by Gasteiger charge is -2.46. The van der Waals surface area contributed by atoms with E-state index < -0.39 is 0 Å². The van der Waals surface area contributed by atoms with E-state index in [1.54, 1.807) is 0 Å². The molecule has 2 aliphatic heterocycles. The lowest BCUT2D eigenvalue weighted by atomic mass is 9.85. The Morgan fingerprint density at radius 3 is 2.52 bits per heavy atom. The van der Waals surface area contributed by atoms with Gasteiger partial charge in [0.1, 0.15) is 0 Å². The molecule has 0 aromatic heterocycles. The van der Waals surface area contributed by atoms with Crippen molar-refractivity contribution < 1.29 is 9.84 Å². The van der Waals surface area contributed by atoms with Crippen LogP contribution < -0.4 is 0 Å². The van der Waals surface area contributed by atoms with Gasteiger partial charge < -0.3 is 9.84 Å². The number of benzene rings is 2. The molecule has 2 aromatic rings. The molecule has 146 valence electrons. The number of hydrogen-bond acceptors (Lipinski definition) is 4. The number of piperidine rings is 1. The van der Waals surface area contributed by atoms with Crippen molar-refractivity contribution in [1.29, 1.82) is 0 Å². The van der Waals surface area contributed by atoms with E-state index in [-0.39, 0.29) is 17.6 Å². The fraction of sp³-hybridized carbons (Fsp3) is 0.565. The van der Waals surface area contributed by atoms with Gasteiger partial charge in [0.05, 0.1) is 19.3 Å². The Labute approximate surface area is 162 Å². The van der Waals surface area contributed by atoms with Gasteiger partial charge in [-0.15, -0.1) is 0 Å². The van der Waals surface area contributed by atoms with E-state index in [1.807, 2.05) is 0 Å². The molecule has 2 aliphatic rings. The van der Waals surface area contributed by atoms with Crippen molar-refractivity contribution in [2.45, 2.75) is 37.8 Å². The Bertz CT molecular complexity index is 770. The summed E-state index contributed by atoms with van der Waals surface area (Å²) < 4.78 is 5.50. The molecular formula is C23H32N2O2. The fourth-order valence-corrected chi connectivity index (χ4v) is 4.78. The number of morpholine rings is 1. The maximum atomic E-state index is 10.9. The number of nitrogens with zero attached hydrogens (tertiary/aromatic N) is 2. The second-order valence-electron chi connectivity index (χ2n) is 8.72. The predicted molar refractivity (Wildman–Crippen MR) is 110 cm³/mol. The summed E-state index contributed by atoms with van der Waals surface area (Å²) in [5.74, 6) is 0.234. The summed E-state index contributed by atoms with van der Waals surface area (Å²) in [5.41, 5.74) is 1.38. The molecule has 2 fully saturated rings. The molecule has 0 radical (unpaired) electrons. The van der Waals surface area contributed by atoms with Crippen molar-refractivity contribution >= 4 is 10.8 Å². The van der Waals surface area contributed by atoms with Gasteiger partial charge in [0, 0.05) is 37.6 Å². The van der Waals surface area contributed by atoms with Crippen LogP contribution in [0.1, 0.15) is 31.7 Å². The van der Waals surface area contributed by atoms with Crippen molar-refractivity contribution in [3.8, 4) is 0 Å². The Morgan fingerprint density at radius 2 is 1.78 bits per heavy atom. The predicted octanol–water partition coefficient (Wildman–Crippen LogP) is 3.10. The van der Waals surface area contributed by atoms with Crippen LogP contribution in [0.3, 0.4) is 0 Å². The second kappa shape index (κ2) is 7.88. The lowest BCUT2D eigenvalue weighted by Crippen LogP contribution is -2.57. The van der Waals surface area contributed by atoms with Gasteiger partial charge in [-0.3, -0.25) is 9.80 Å². The average molecular weight is 369 g/mol. The molecule has 4 heteroatoms. The molecule has 4 nitrogen and oxygen atoms in total. The highest BCUT2D eigenvalue weighted by Gasteiger charge is 2.34. The molecule has 0 saturated carbocycles. The molecule has 0 amide bonds. The summed E-state index contributed by atoms with van der Waals surface area (Å²) in [6, 6.07) is 15.1. The number of fused-ring (bicyclic) bond motifs is 1. The first-order valence-electron chi connectivity index (χ1n) is 10.2. The number of aliphatic hydroxyl groups is 1. The van der Waals surface area contributed by atoms with Gasteiger partial charge in [-0.1, -0.05) is 42.5 Å². The van der Waals surface area contributed by atoms with Crippen LogP contribution in [0.2, 0.25) is 0 Å². The first-order valence-corrected chi connectivity index (χ1v) is 10.2. The number of rotatable bonds is 4. The van der Waals surface area contributed by atoms with Gasteiger partial charge >= 0.3 is 0 Å². The quantitative estimate of drug-likeness (QED) is 0.900. The third-order valence-corrected chi connectivity index (χ3v) is 6.35. The van der Waals surface area contributed by atoms with Gasteiger partial charge in [0.2, 0.25) is 0 Å². The smallest absolute Gasteiger partial charge is 0.0735 e. The molecule has 27 heavy (non-hydrogen) atoms. The highest BCUT2D eigenvalue weighted by atomic mass is 16.5. The van der Waals surface area contributed by atoms with Crippen LogP contribution in [0.5, 0.6) is 0 Å². The maximum Gasteiger partial charge on any atom is 0.0735 e. The maximum absolute atomic E-state index is 10.9. The van der Waals surface area contributed by atoms with Crippen LogP contribution in [-0.4, -0.2) is 72.5 Å². The highest BCUT2D eigenvalue weighted by molar-refractivity contribution is 5.83. The highest BCUT2D eigenvalue weighted by Crippen LogP contribution is 2.31. The molecule has 0 aliphatic carbocycles. The monoisotopic (exact) mass is 368 g/mol. The van der Waals surface area contributed by atoms with Crippen molar-refractivity contribution in [3.63, 3.8) is 0 Å². The van der Waals surface area contributed by atoms with Crippen LogP contribution in [-0.2, 0) is 4.74 Å². The third kappa shape index (κ3) is 4.19. The second-order valence-corrected chi connectivity index (χ2v) is 8.72. The van der Waals surface area contributed by atoms with Crippen LogP contribution in [0.4, 0.5) is 0 Å². The van der Waals surface area contributed by atoms with Gasteiger partial charge in [0.15, 0.2) is 0 Å². The topological polar surface area (TPSA) is 35.9 Å². The van der Waals surface area contributed by atoms with Crippen molar-refractivity contribution in [2.75, 3.05) is 45.9 Å². The Hall–Kier alpha value is -1.46. The molecular weight excluding hydrogens is 336 g/mol. The standard InChI is InChI=1S/C23H32N2O2/c1-23(2,25-11-13-27-14-12-25)17-24-10-9-21(22(26)16-24)20-8-7-18-5-3-4-6-19(18)15-20/h3-8,15,21-22,26H,9-14,16-17H2,1-2H3/t21-,22+/m0/s1. The van der Waals surface area contributed by atoms with Crippen molar-refractivity contribution in [1.82, 2.24) is 9.80 Å². The minimum atomic E-state index is -0.305. The third-order valence-electron chi connectivity index (χ3n) is 6.35. The minimum absolute atomic E-state index is 0.110. The summed E-state index contributed by atoms with van der Waals surface area (Å²) >= 11 is 0. The Kier molecular flexibility index (Phi) is 5.51. The van der Waals surface area contributed by atoms with E-state index in [1.165, 1.54) is 16.3 Å². The normalized spacial score (nSPS) is 25.7. The summed E-state index contributed by atoms with van der Waals surface area (Å²) in [6.45, 7) is 11.1. The first kappa shape index (κ1) is 18.9. The first-order chi connectivity index (χ1) is 13.0. The summed E-state index contributed by atoms with van der Waals surface area (Å²) in [5, 5.41) is 13.4. The summed E-state index contributed by atoms with van der Waals surface area (Å²) in [6.07, 6.45) is 0.707. The number of β-amino-alcohol motifs (C(OH)–C–C–N with tert-alkyl or cyclic N) is 1. The molecule has 2 heterocycles. The SMILES string of the molecule is CC(C)(CN1CC[C@@H](c2ccc3ccccc3c2)[C@H](O)C1)N1CCOCC1.